The maximum Gasteiger partial charge on any atom is 0.0695 e. The summed E-state index contributed by atoms with van der Waals surface area (Å²) in [6.45, 7) is 9.15. The lowest BCUT2D eigenvalue weighted by Gasteiger charge is -2.40. The predicted octanol–water partition coefficient (Wildman–Crippen LogP) is 3.83. The van der Waals surface area contributed by atoms with Gasteiger partial charge in [-0.15, -0.1) is 0 Å². The first-order valence-electron chi connectivity index (χ1n) is 8.14. The number of hydrogen-bond acceptors (Lipinski definition) is 2. The number of nitrogens with zero attached hydrogens (tertiary/aromatic N) is 1. The fraction of sp³-hybridized carbons (Fsp3) is 1.00. The Bertz CT molecular complexity index is 199. The molecule has 2 heteroatoms. The largest absolute Gasteiger partial charge is 0.391 e. The third kappa shape index (κ3) is 4.89. The van der Waals surface area contributed by atoms with E-state index in [0.29, 0.717) is 6.04 Å². The van der Waals surface area contributed by atoms with E-state index >= 15 is 0 Å². The Morgan fingerprint density at radius 2 is 1.61 bits per heavy atom. The van der Waals surface area contributed by atoms with E-state index in [1.807, 2.05) is 0 Å². The summed E-state index contributed by atoms with van der Waals surface area (Å²) in [5.41, 5.74) is 0. The minimum Gasteiger partial charge on any atom is -0.391 e. The first-order chi connectivity index (χ1) is 8.72. The topological polar surface area (TPSA) is 23.5 Å². The van der Waals surface area contributed by atoms with Crippen molar-refractivity contribution < 1.29 is 5.11 Å². The first-order valence-corrected chi connectivity index (χ1v) is 8.14. The summed E-state index contributed by atoms with van der Waals surface area (Å²) in [7, 11) is 0. The molecule has 0 amide bonds. The highest BCUT2D eigenvalue weighted by Crippen LogP contribution is 2.30. The summed E-state index contributed by atoms with van der Waals surface area (Å²) in [4.78, 5) is 2.58. The molecule has 0 heterocycles. The van der Waals surface area contributed by atoms with Crippen LogP contribution in [-0.2, 0) is 0 Å². The molecule has 0 aromatic carbocycles. The normalized spacial score (nSPS) is 28.8. The summed E-state index contributed by atoms with van der Waals surface area (Å²) in [6.07, 6.45) is 9.69. The Kier molecular flexibility index (Phi) is 7.92. The minimum atomic E-state index is -0.0819. The monoisotopic (exact) mass is 255 g/mol. The molecule has 0 spiro atoms. The highest BCUT2D eigenvalue weighted by Gasteiger charge is 2.32. The average molecular weight is 255 g/mol. The lowest BCUT2D eigenvalue weighted by Crippen LogP contribution is -2.48. The summed E-state index contributed by atoms with van der Waals surface area (Å²) < 4.78 is 0. The van der Waals surface area contributed by atoms with Crippen molar-refractivity contribution in [2.75, 3.05) is 13.1 Å². The van der Waals surface area contributed by atoms with Crippen LogP contribution in [0.1, 0.15) is 72.1 Å². The van der Waals surface area contributed by atoms with Crippen LogP contribution in [0.2, 0.25) is 0 Å². The molecule has 1 aliphatic rings. The van der Waals surface area contributed by atoms with Gasteiger partial charge >= 0.3 is 0 Å². The molecular formula is C16H33NO. The molecule has 1 rings (SSSR count). The van der Waals surface area contributed by atoms with Crippen molar-refractivity contribution in [3.05, 3.63) is 0 Å². The molecule has 108 valence electrons. The third-order valence-electron chi connectivity index (χ3n) is 4.53. The predicted molar refractivity (Wildman–Crippen MR) is 78.8 cm³/mol. The van der Waals surface area contributed by atoms with Crippen molar-refractivity contribution in [2.24, 2.45) is 5.92 Å². The molecule has 18 heavy (non-hydrogen) atoms. The molecule has 2 nitrogen and oxygen atoms in total. The molecule has 0 radical (unpaired) electrons. The van der Waals surface area contributed by atoms with Crippen LogP contribution in [0.4, 0.5) is 0 Å². The van der Waals surface area contributed by atoms with Gasteiger partial charge in [-0.2, -0.15) is 0 Å². The zero-order valence-electron chi connectivity index (χ0n) is 12.7. The van der Waals surface area contributed by atoms with Crippen molar-refractivity contribution in [2.45, 2.75) is 84.3 Å². The van der Waals surface area contributed by atoms with E-state index in [4.69, 9.17) is 0 Å². The lowest BCUT2D eigenvalue weighted by atomic mass is 9.81. The number of rotatable bonds is 8. The Morgan fingerprint density at radius 3 is 2.11 bits per heavy atom. The van der Waals surface area contributed by atoms with Gasteiger partial charge in [0, 0.05) is 6.04 Å². The van der Waals surface area contributed by atoms with Gasteiger partial charge < -0.3 is 5.11 Å². The van der Waals surface area contributed by atoms with Gasteiger partial charge in [-0.05, 0) is 51.1 Å². The van der Waals surface area contributed by atoms with Crippen LogP contribution < -0.4 is 0 Å². The smallest absolute Gasteiger partial charge is 0.0695 e. The van der Waals surface area contributed by atoms with E-state index in [1.54, 1.807) is 0 Å². The van der Waals surface area contributed by atoms with E-state index < -0.39 is 0 Å². The van der Waals surface area contributed by atoms with Gasteiger partial charge in [-0.3, -0.25) is 4.90 Å². The van der Waals surface area contributed by atoms with Crippen LogP contribution in [-0.4, -0.2) is 35.2 Å². The molecular weight excluding hydrogens is 222 g/mol. The van der Waals surface area contributed by atoms with Gasteiger partial charge in [-0.25, -0.2) is 0 Å². The standard InChI is InChI=1S/C16H33NO/c1-4-7-11-17(12-8-5-2)15-13-14(6-3)9-10-16(15)18/h14-16,18H,4-13H2,1-3H3. The molecule has 0 aromatic heterocycles. The molecule has 0 bridgehead atoms. The molecule has 1 saturated carbocycles. The number of aliphatic hydroxyl groups is 1. The zero-order chi connectivity index (χ0) is 13.4. The van der Waals surface area contributed by atoms with Crippen molar-refractivity contribution in [1.29, 1.82) is 0 Å². The molecule has 1 N–H and O–H groups in total. The Morgan fingerprint density at radius 1 is 1.00 bits per heavy atom. The van der Waals surface area contributed by atoms with Crippen molar-refractivity contribution in [3.63, 3.8) is 0 Å². The molecule has 3 atom stereocenters. The highest BCUT2D eigenvalue weighted by molar-refractivity contribution is 4.86. The van der Waals surface area contributed by atoms with Gasteiger partial charge in [0.1, 0.15) is 0 Å². The first kappa shape index (κ1) is 16.0. The van der Waals surface area contributed by atoms with Gasteiger partial charge in [0.25, 0.3) is 0 Å². The van der Waals surface area contributed by atoms with Gasteiger partial charge in [0.05, 0.1) is 6.10 Å². The maximum absolute atomic E-state index is 10.3. The summed E-state index contributed by atoms with van der Waals surface area (Å²) in [5, 5.41) is 10.3. The minimum absolute atomic E-state index is 0.0819. The fourth-order valence-electron chi connectivity index (χ4n) is 3.14. The Hall–Kier alpha value is -0.0800. The van der Waals surface area contributed by atoms with Crippen LogP contribution in [0.5, 0.6) is 0 Å². The highest BCUT2D eigenvalue weighted by atomic mass is 16.3. The molecule has 0 aromatic rings. The Balaban J connectivity index is 2.55. The van der Waals surface area contributed by atoms with Crippen LogP contribution in [0.25, 0.3) is 0 Å². The van der Waals surface area contributed by atoms with E-state index in [2.05, 4.69) is 25.7 Å². The zero-order valence-corrected chi connectivity index (χ0v) is 12.7. The van der Waals surface area contributed by atoms with E-state index in [-0.39, 0.29) is 6.10 Å². The summed E-state index contributed by atoms with van der Waals surface area (Å²) in [6, 6.07) is 0.432. The number of hydrogen-bond donors (Lipinski definition) is 1. The van der Waals surface area contributed by atoms with E-state index in [1.165, 1.54) is 58.0 Å². The Labute approximate surface area is 114 Å². The second kappa shape index (κ2) is 8.92. The van der Waals surface area contributed by atoms with Crippen LogP contribution in [0, 0.1) is 5.92 Å². The second-order valence-electron chi connectivity index (χ2n) is 5.97. The molecule has 0 aliphatic heterocycles. The average Bonchev–Trinajstić information content (AvgIpc) is 2.40. The molecule has 1 aliphatic carbocycles. The second-order valence-corrected chi connectivity index (χ2v) is 5.97. The van der Waals surface area contributed by atoms with Gasteiger partial charge in [-0.1, -0.05) is 40.0 Å². The van der Waals surface area contributed by atoms with Crippen LogP contribution in [0.3, 0.4) is 0 Å². The molecule has 0 saturated heterocycles. The molecule has 3 unspecified atom stereocenters. The maximum atomic E-state index is 10.3. The van der Waals surface area contributed by atoms with Crippen molar-refractivity contribution >= 4 is 0 Å². The molecule has 1 fully saturated rings. The van der Waals surface area contributed by atoms with E-state index in [0.717, 1.165) is 12.3 Å². The fourth-order valence-corrected chi connectivity index (χ4v) is 3.14. The third-order valence-corrected chi connectivity index (χ3v) is 4.53. The van der Waals surface area contributed by atoms with Gasteiger partial charge in [0.15, 0.2) is 0 Å². The summed E-state index contributed by atoms with van der Waals surface area (Å²) in [5.74, 6) is 0.837. The van der Waals surface area contributed by atoms with Crippen molar-refractivity contribution in [3.8, 4) is 0 Å². The lowest BCUT2D eigenvalue weighted by molar-refractivity contribution is 0.00118. The van der Waals surface area contributed by atoms with Crippen LogP contribution >= 0.6 is 0 Å². The quantitative estimate of drug-likeness (QED) is 0.712. The van der Waals surface area contributed by atoms with Crippen LogP contribution in [0.15, 0.2) is 0 Å². The van der Waals surface area contributed by atoms with Gasteiger partial charge in [0.2, 0.25) is 0 Å². The van der Waals surface area contributed by atoms with E-state index in [9.17, 15) is 5.11 Å². The van der Waals surface area contributed by atoms with Crippen molar-refractivity contribution in [1.82, 2.24) is 4.90 Å². The summed E-state index contributed by atoms with van der Waals surface area (Å²) >= 11 is 0. The SMILES string of the molecule is CCCCN(CCCC)C1CC(CC)CCC1O. The number of unbranched alkanes of at least 4 members (excludes halogenated alkanes) is 2. The number of aliphatic hydroxyl groups excluding tert-OH is 1.